The zero-order valence-corrected chi connectivity index (χ0v) is 17.4. The number of benzene rings is 2. The Morgan fingerprint density at radius 2 is 1.67 bits per heavy atom. The van der Waals surface area contributed by atoms with E-state index in [1.54, 1.807) is 0 Å². The maximum atomic E-state index is 13.4. The zero-order chi connectivity index (χ0) is 20.8. The predicted octanol–water partition coefficient (Wildman–Crippen LogP) is 5.54. The van der Waals surface area contributed by atoms with Gasteiger partial charge in [0, 0.05) is 29.7 Å². The van der Waals surface area contributed by atoms with E-state index in [1.165, 1.54) is 5.56 Å². The van der Waals surface area contributed by atoms with Gasteiger partial charge in [0.25, 0.3) is 0 Å². The van der Waals surface area contributed by atoms with Crippen LogP contribution in [0, 0.1) is 13.8 Å². The lowest BCUT2D eigenvalue weighted by Gasteiger charge is -2.07. The number of nitrogens with zero attached hydrogens (tertiary/aromatic N) is 3. The topological polar surface area (TPSA) is 39.3 Å². The Balaban J connectivity index is 1.64. The molecule has 3 heterocycles. The molecule has 0 aliphatic heterocycles. The Kier molecular flexibility index (Phi) is 4.28. The quantitative estimate of drug-likeness (QED) is 0.376. The van der Waals surface area contributed by atoms with Crippen LogP contribution in [0.4, 0.5) is 0 Å². The number of aromatic nitrogens is 3. The van der Waals surface area contributed by atoms with Crippen molar-refractivity contribution in [3.63, 3.8) is 0 Å². The molecular formula is C26H23N3O. The molecule has 0 saturated heterocycles. The second-order valence-corrected chi connectivity index (χ2v) is 7.96. The van der Waals surface area contributed by atoms with Crippen LogP contribution >= 0.6 is 0 Å². The highest BCUT2D eigenvalue weighted by atomic mass is 16.1. The van der Waals surface area contributed by atoms with E-state index in [9.17, 15) is 4.79 Å². The molecule has 0 amide bonds. The predicted molar refractivity (Wildman–Crippen MR) is 121 cm³/mol. The molecule has 5 rings (SSSR count). The lowest BCUT2D eigenvalue weighted by molar-refractivity contribution is 0.0984. The van der Waals surface area contributed by atoms with Crippen LogP contribution in [0.1, 0.15) is 27.3 Å². The summed E-state index contributed by atoms with van der Waals surface area (Å²) in [6.45, 7) is 4.13. The molecule has 2 aromatic carbocycles. The van der Waals surface area contributed by atoms with E-state index >= 15 is 0 Å². The largest absolute Gasteiger partial charge is 0.341 e. The summed E-state index contributed by atoms with van der Waals surface area (Å²) < 4.78 is 4.04. The van der Waals surface area contributed by atoms with Gasteiger partial charge in [-0.25, -0.2) is 4.98 Å². The van der Waals surface area contributed by atoms with Gasteiger partial charge >= 0.3 is 0 Å². The fourth-order valence-electron chi connectivity index (χ4n) is 4.11. The molecule has 30 heavy (non-hydrogen) atoms. The first-order chi connectivity index (χ1) is 14.5. The summed E-state index contributed by atoms with van der Waals surface area (Å²) in [6.07, 6.45) is 2.35. The van der Waals surface area contributed by atoms with E-state index in [0.717, 1.165) is 39.1 Å². The molecule has 0 aliphatic carbocycles. The molecule has 148 valence electrons. The lowest BCUT2D eigenvalue weighted by Crippen LogP contribution is -2.11. The number of hydrogen-bond acceptors (Lipinski definition) is 2. The van der Waals surface area contributed by atoms with Crippen molar-refractivity contribution in [2.75, 3.05) is 0 Å². The first kappa shape index (κ1) is 18.4. The second-order valence-electron chi connectivity index (χ2n) is 7.96. The van der Waals surface area contributed by atoms with Crippen molar-refractivity contribution in [3.8, 4) is 11.3 Å². The number of aryl methyl sites for hydroxylation is 3. The Morgan fingerprint density at radius 3 is 2.43 bits per heavy atom. The fraction of sp³-hybridized carbons (Fsp3) is 0.154. The standard InChI is InChI=1S/C26H23N3O/c1-17-8-11-19(12-9-17)26-23(29-16-18(2)10-13-25(29)27-26)15-24(30)22-14-20-6-4-5-7-21(20)28(22)3/h4-14,16H,15H2,1-3H3. The van der Waals surface area contributed by atoms with Gasteiger partial charge in [0.2, 0.25) is 0 Å². The summed E-state index contributed by atoms with van der Waals surface area (Å²) in [5.74, 6) is 0.0883. The van der Waals surface area contributed by atoms with Gasteiger partial charge in [-0.1, -0.05) is 54.1 Å². The molecule has 0 radical (unpaired) electrons. The van der Waals surface area contributed by atoms with Gasteiger partial charge < -0.3 is 8.97 Å². The lowest BCUT2D eigenvalue weighted by atomic mass is 10.0. The number of Topliss-reactive ketones (excluding diaryl/α,β-unsaturated/α-hetero) is 1. The molecule has 0 bridgehead atoms. The first-order valence-electron chi connectivity index (χ1n) is 10.1. The maximum absolute atomic E-state index is 13.4. The van der Waals surface area contributed by atoms with Crippen molar-refractivity contribution in [2.45, 2.75) is 20.3 Å². The van der Waals surface area contributed by atoms with E-state index in [4.69, 9.17) is 4.98 Å². The number of para-hydroxylation sites is 1. The average molecular weight is 393 g/mol. The van der Waals surface area contributed by atoms with Crippen molar-refractivity contribution < 1.29 is 4.79 Å². The highest BCUT2D eigenvalue weighted by Gasteiger charge is 2.20. The number of carbonyl (C=O) groups excluding carboxylic acids is 1. The van der Waals surface area contributed by atoms with Crippen LogP contribution in [0.2, 0.25) is 0 Å². The molecule has 0 atom stereocenters. The van der Waals surface area contributed by atoms with Crippen LogP contribution in [0.3, 0.4) is 0 Å². The van der Waals surface area contributed by atoms with Gasteiger partial charge in [0.15, 0.2) is 5.78 Å². The molecule has 0 aliphatic rings. The van der Waals surface area contributed by atoms with Crippen LogP contribution in [-0.4, -0.2) is 19.7 Å². The Bertz CT molecular complexity index is 1400. The minimum Gasteiger partial charge on any atom is -0.341 e. The zero-order valence-electron chi connectivity index (χ0n) is 17.4. The summed E-state index contributed by atoms with van der Waals surface area (Å²) >= 11 is 0. The normalized spacial score (nSPS) is 11.4. The molecule has 3 aromatic heterocycles. The maximum Gasteiger partial charge on any atom is 0.185 e. The Hall–Kier alpha value is -3.66. The van der Waals surface area contributed by atoms with E-state index in [2.05, 4.69) is 54.8 Å². The Morgan fingerprint density at radius 1 is 0.933 bits per heavy atom. The van der Waals surface area contributed by atoms with Gasteiger partial charge in [0.1, 0.15) is 5.65 Å². The van der Waals surface area contributed by atoms with Crippen molar-refractivity contribution in [1.29, 1.82) is 0 Å². The van der Waals surface area contributed by atoms with E-state index in [-0.39, 0.29) is 12.2 Å². The van der Waals surface area contributed by atoms with Gasteiger partial charge in [-0.3, -0.25) is 4.79 Å². The number of pyridine rings is 1. The van der Waals surface area contributed by atoms with Crippen molar-refractivity contribution in [1.82, 2.24) is 14.0 Å². The molecule has 0 spiro atoms. The molecular weight excluding hydrogens is 370 g/mol. The minimum absolute atomic E-state index is 0.0883. The third-order valence-corrected chi connectivity index (χ3v) is 5.76. The summed E-state index contributed by atoms with van der Waals surface area (Å²) in [7, 11) is 1.95. The van der Waals surface area contributed by atoms with E-state index < -0.39 is 0 Å². The molecule has 0 N–H and O–H groups in total. The first-order valence-corrected chi connectivity index (χ1v) is 10.1. The number of carbonyl (C=O) groups is 1. The van der Waals surface area contributed by atoms with Gasteiger partial charge in [0.05, 0.1) is 23.5 Å². The second kappa shape index (κ2) is 6.99. The highest BCUT2D eigenvalue weighted by Crippen LogP contribution is 2.27. The van der Waals surface area contributed by atoms with E-state index in [1.807, 2.05) is 48.0 Å². The molecule has 0 fully saturated rings. The summed E-state index contributed by atoms with van der Waals surface area (Å²) in [5, 5.41) is 1.08. The molecule has 4 nitrogen and oxygen atoms in total. The van der Waals surface area contributed by atoms with Crippen LogP contribution < -0.4 is 0 Å². The van der Waals surface area contributed by atoms with Gasteiger partial charge in [-0.2, -0.15) is 0 Å². The summed E-state index contributed by atoms with van der Waals surface area (Å²) in [4.78, 5) is 18.3. The van der Waals surface area contributed by atoms with Crippen molar-refractivity contribution in [3.05, 3.63) is 95.4 Å². The van der Waals surface area contributed by atoms with Crippen LogP contribution in [0.15, 0.2) is 72.9 Å². The highest BCUT2D eigenvalue weighted by molar-refractivity contribution is 6.01. The third kappa shape index (κ3) is 3.01. The number of imidazole rings is 1. The third-order valence-electron chi connectivity index (χ3n) is 5.76. The number of ketones is 1. The monoisotopic (exact) mass is 393 g/mol. The summed E-state index contributed by atoms with van der Waals surface area (Å²) in [6, 6.07) is 22.5. The number of hydrogen-bond donors (Lipinski definition) is 0. The molecule has 0 unspecified atom stereocenters. The summed E-state index contributed by atoms with van der Waals surface area (Å²) in [5.41, 5.74) is 7.79. The van der Waals surface area contributed by atoms with E-state index in [0.29, 0.717) is 5.69 Å². The van der Waals surface area contributed by atoms with Crippen molar-refractivity contribution >= 4 is 22.3 Å². The number of rotatable bonds is 4. The average Bonchev–Trinajstić information content (AvgIpc) is 3.27. The molecule has 4 heteroatoms. The van der Waals surface area contributed by atoms with Crippen LogP contribution in [-0.2, 0) is 13.5 Å². The SMILES string of the molecule is Cc1ccc(-c2nc3ccc(C)cn3c2CC(=O)c2cc3ccccc3n2C)cc1. The van der Waals surface area contributed by atoms with Crippen LogP contribution in [0.25, 0.3) is 27.8 Å². The van der Waals surface area contributed by atoms with Gasteiger partial charge in [-0.05, 0) is 37.6 Å². The van der Waals surface area contributed by atoms with Gasteiger partial charge in [-0.15, -0.1) is 0 Å². The minimum atomic E-state index is 0.0883. The number of fused-ring (bicyclic) bond motifs is 2. The molecule has 5 aromatic rings. The fourth-order valence-corrected chi connectivity index (χ4v) is 4.11. The Labute approximate surface area is 175 Å². The van der Waals surface area contributed by atoms with Crippen molar-refractivity contribution in [2.24, 2.45) is 7.05 Å². The smallest absolute Gasteiger partial charge is 0.185 e. The van der Waals surface area contributed by atoms with Crippen LogP contribution in [0.5, 0.6) is 0 Å². The molecule has 0 saturated carbocycles.